The summed E-state index contributed by atoms with van der Waals surface area (Å²) in [5.74, 6) is -1.12. The first-order valence-electron chi connectivity index (χ1n) is 9.73. The molecule has 3 amide bonds. The second kappa shape index (κ2) is 10.8. The van der Waals surface area contributed by atoms with Gasteiger partial charge in [-0.25, -0.2) is 4.79 Å². The van der Waals surface area contributed by atoms with Gasteiger partial charge in [0.1, 0.15) is 6.04 Å². The van der Waals surface area contributed by atoms with E-state index in [-0.39, 0.29) is 12.3 Å². The molecule has 0 radical (unpaired) electrons. The summed E-state index contributed by atoms with van der Waals surface area (Å²) < 4.78 is 0. The second-order valence-electron chi connectivity index (χ2n) is 8.62. The number of benzene rings is 1. The number of hydrogen-bond donors (Lipinski definition) is 5. The van der Waals surface area contributed by atoms with Crippen LogP contribution in [0.25, 0.3) is 0 Å². The second-order valence-corrected chi connectivity index (χ2v) is 8.62. The standard InChI is InChI=1S/C21H33N3O5/c1-13(2)11-16(23-20(28)29)18(26)22-15(12-14-9-7-6-8-10-14)17(25)19(27)24-21(3,4)5/h6-10,13,15-17,23,25H,11-12H2,1-5H3,(H,22,26)(H,24,27)(H,28,29). The van der Waals surface area contributed by atoms with E-state index in [0.29, 0.717) is 6.42 Å². The lowest BCUT2D eigenvalue weighted by Gasteiger charge is -2.29. The number of hydrogen-bond acceptors (Lipinski definition) is 4. The van der Waals surface area contributed by atoms with Crippen LogP contribution in [-0.2, 0) is 16.0 Å². The molecule has 1 aromatic carbocycles. The van der Waals surface area contributed by atoms with Crippen LogP contribution in [0, 0.1) is 5.92 Å². The smallest absolute Gasteiger partial charge is 0.405 e. The van der Waals surface area contributed by atoms with Crippen molar-refractivity contribution >= 4 is 17.9 Å². The maximum absolute atomic E-state index is 12.7. The fourth-order valence-electron chi connectivity index (χ4n) is 2.87. The first-order chi connectivity index (χ1) is 13.4. The van der Waals surface area contributed by atoms with E-state index in [9.17, 15) is 19.5 Å². The van der Waals surface area contributed by atoms with Crippen molar-refractivity contribution < 1.29 is 24.6 Å². The van der Waals surface area contributed by atoms with Gasteiger partial charge in [-0.2, -0.15) is 0 Å². The Balaban J connectivity index is 3.03. The fourth-order valence-corrected chi connectivity index (χ4v) is 2.87. The van der Waals surface area contributed by atoms with Gasteiger partial charge >= 0.3 is 6.09 Å². The zero-order chi connectivity index (χ0) is 22.2. The number of aliphatic hydroxyl groups excluding tert-OH is 1. The molecule has 8 heteroatoms. The molecule has 29 heavy (non-hydrogen) atoms. The molecular weight excluding hydrogens is 374 g/mol. The van der Waals surface area contributed by atoms with Gasteiger partial charge in [0.15, 0.2) is 6.10 Å². The highest BCUT2D eigenvalue weighted by molar-refractivity contribution is 5.87. The molecule has 162 valence electrons. The Morgan fingerprint density at radius 3 is 2.07 bits per heavy atom. The van der Waals surface area contributed by atoms with Crippen LogP contribution in [-0.4, -0.2) is 51.8 Å². The predicted octanol–water partition coefficient (Wildman–Crippen LogP) is 1.67. The maximum Gasteiger partial charge on any atom is 0.405 e. The summed E-state index contributed by atoms with van der Waals surface area (Å²) >= 11 is 0. The summed E-state index contributed by atoms with van der Waals surface area (Å²) in [6.45, 7) is 9.11. The molecule has 0 saturated carbocycles. The van der Waals surface area contributed by atoms with Crippen LogP contribution in [0.15, 0.2) is 30.3 Å². The third kappa shape index (κ3) is 9.43. The maximum atomic E-state index is 12.7. The minimum absolute atomic E-state index is 0.0688. The molecule has 3 atom stereocenters. The van der Waals surface area contributed by atoms with E-state index in [1.807, 2.05) is 44.2 Å². The van der Waals surface area contributed by atoms with Crippen LogP contribution >= 0.6 is 0 Å². The topological polar surface area (TPSA) is 128 Å². The normalized spacial score (nSPS) is 14.6. The van der Waals surface area contributed by atoms with E-state index in [1.165, 1.54) is 0 Å². The van der Waals surface area contributed by atoms with Gasteiger partial charge in [0.2, 0.25) is 5.91 Å². The molecule has 3 unspecified atom stereocenters. The number of carbonyl (C=O) groups excluding carboxylic acids is 2. The molecule has 0 fully saturated rings. The Kier molecular flexibility index (Phi) is 9.10. The Bertz CT molecular complexity index is 685. The van der Waals surface area contributed by atoms with Crippen molar-refractivity contribution in [3.63, 3.8) is 0 Å². The molecule has 0 bridgehead atoms. The van der Waals surface area contributed by atoms with Gasteiger partial charge in [-0.3, -0.25) is 9.59 Å². The first kappa shape index (κ1) is 24.4. The van der Waals surface area contributed by atoms with Crippen molar-refractivity contribution in [2.45, 2.75) is 71.2 Å². The summed E-state index contributed by atoms with van der Waals surface area (Å²) in [4.78, 5) is 36.3. The van der Waals surface area contributed by atoms with E-state index >= 15 is 0 Å². The minimum atomic E-state index is -1.50. The van der Waals surface area contributed by atoms with Gasteiger partial charge in [0, 0.05) is 5.54 Å². The van der Waals surface area contributed by atoms with Gasteiger partial charge in [-0.15, -0.1) is 0 Å². The molecule has 0 spiro atoms. The number of carbonyl (C=O) groups is 3. The van der Waals surface area contributed by atoms with Crippen molar-refractivity contribution in [1.29, 1.82) is 0 Å². The molecule has 8 nitrogen and oxygen atoms in total. The molecular formula is C21H33N3O5. The van der Waals surface area contributed by atoms with Gasteiger partial charge in [-0.1, -0.05) is 44.2 Å². The van der Waals surface area contributed by atoms with E-state index < -0.39 is 41.6 Å². The molecule has 0 aliphatic carbocycles. The largest absolute Gasteiger partial charge is 0.465 e. The molecule has 5 N–H and O–H groups in total. The Hall–Kier alpha value is -2.61. The van der Waals surface area contributed by atoms with Crippen molar-refractivity contribution in [3.05, 3.63) is 35.9 Å². The van der Waals surface area contributed by atoms with E-state index in [4.69, 9.17) is 5.11 Å². The molecule has 1 aromatic rings. The van der Waals surface area contributed by atoms with Crippen LogP contribution in [0.3, 0.4) is 0 Å². The number of nitrogens with one attached hydrogen (secondary N) is 3. The molecule has 0 heterocycles. The average Bonchev–Trinajstić information content (AvgIpc) is 2.58. The highest BCUT2D eigenvalue weighted by atomic mass is 16.4. The van der Waals surface area contributed by atoms with E-state index in [1.54, 1.807) is 20.8 Å². The quantitative estimate of drug-likeness (QED) is 0.425. The monoisotopic (exact) mass is 407 g/mol. The van der Waals surface area contributed by atoms with Crippen molar-refractivity contribution in [1.82, 2.24) is 16.0 Å². The molecule has 0 saturated heterocycles. The minimum Gasteiger partial charge on any atom is -0.465 e. The lowest BCUT2D eigenvalue weighted by atomic mass is 9.98. The van der Waals surface area contributed by atoms with Gasteiger partial charge in [-0.05, 0) is 45.1 Å². The summed E-state index contributed by atoms with van der Waals surface area (Å²) in [6, 6.07) is 7.24. The van der Waals surface area contributed by atoms with Crippen LogP contribution in [0.4, 0.5) is 4.79 Å². The van der Waals surface area contributed by atoms with Crippen molar-refractivity contribution in [3.8, 4) is 0 Å². The lowest BCUT2D eigenvalue weighted by molar-refractivity contribution is -0.133. The fraction of sp³-hybridized carbons (Fsp3) is 0.571. The van der Waals surface area contributed by atoms with E-state index in [2.05, 4.69) is 16.0 Å². The van der Waals surface area contributed by atoms with Crippen LogP contribution < -0.4 is 16.0 Å². The highest BCUT2D eigenvalue weighted by Gasteiger charge is 2.32. The lowest BCUT2D eigenvalue weighted by Crippen LogP contribution is -2.58. The third-order valence-corrected chi connectivity index (χ3v) is 4.10. The molecule has 0 aromatic heterocycles. The third-order valence-electron chi connectivity index (χ3n) is 4.10. The van der Waals surface area contributed by atoms with Gasteiger partial charge in [0.25, 0.3) is 5.91 Å². The predicted molar refractivity (Wildman–Crippen MR) is 110 cm³/mol. The Morgan fingerprint density at radius 2 is 1.59 bits per heavy atom. The number of aliphatic hydroxyl groups is 1. The summed E-state index contributed by atoms with van der Waals surface area (Å²) in [5.41, 5.74) is 0.275. The molecule has 1 rings (SSSR count). The summed E-state index contributed by atoms with van der Waals surface area (Å²) in [5, 5.41) is 27.2. The van der Waals surface area contributed by atoms with Crippen molar-refractivity contribution in [2.24, 2.45) is 5.92 Å². The van der Waals surface area contributed by atoms with Gasteiger partial charge in [0.05, 0.1) is 6.04 Å². The van der Waals surface area contributed by atoms with E-state index in [0.717, 1.165) is 5.56 Å². The zero-order valence-electron chi connectivity index (χ0n) is 17.7. The molecule has 0 aliphatic heterocycles. The SMILES string of the molecule is CC(C)CC(NC(=O)O)C(=O)NC(Cc1ccccc1)C(O)C(=O)NC(C)(C)C. The highest BCUT2D eigenvalue weighted by Crippen LogP contribution is 2.11. The van der Waals surface area contributed by atoms with Gasteiger partial charge < -0.3 is 26.2 Å². The zero-order valence-corrected chi connectivity index (χ0v) is 17.7. The summed E-state index contributed by atoms with van der Waals surface area (Å²) in [7, 11) is 0. The van der Waals surface area contributed by atoms with Crippen LogP contribution in [0.2, 0.25) is 0 Å². The average molecular weight is 408 g/mol. The number of rotatable bonds is 9. The van der Waals surface area contributed by atoms with Crippen molar-refractivity contribution in [2.75, 3.05) is 0 Å². The number of amides is 3. The Morgan fingerprint density at radius 1 is 1.00 bits per heavy atom. The van der Waals surface area contributed by atoms with Crippen LogP contribution in [0.5, 0.6) is 0 Å². The summed E-state index contributed by atoms with van der Waals surface area (Å²) in [6.07, 6.45) is -2.30. The Labute approximate surface area is 172 Å². The number of carboxylic acid groups (broad SMARTS) is 1. The molecule has 0 aliphatic rings. The first-order valence-corrected chi connectivity index (χ1v) is 9.73. The van der Waals surface area contributed by atoms with Crippen LogP contribution in [0.1, 0.15) is 46.6 Å².